The average molecular weight is 252 g/mol. The van der Waals surface area contributed by atoms with E-state index in [1.54, 1.807) is 9.80 Å². The van der Waals surface area contributed by atoms with Crippen LogP contribution in [0.5, 0.6) is 0 Å². The molecular formula is C13H20N2O3. The third-order valence-electron chi connectivity index (χ3n) is 3.09. The number of hydrogen-bond donors (Lipinski definition) is 1. The molecule has 1 N–H and O–H groups in total. The number of piperidine rings is 1. The number of carboxylic acids is 1. The smallest absolute Gasteiger partial charge is 0.320 e. The van der Waals surface area contributed by atoms with E-state index in [-0.39, 0.29) is 12.6 Å². The number of nitrogens with zero attached hydrogens (tertiary/aromatic N) is 2. The number of likely N-dealkylation sites (tertiary alicyclic amines) is 1. The van der Waals surface area contributed by atoms with Crippen LogP contribution in [0.3, 0.4) is 0 Å². The van der Waals surface area contributed by atoms with Crippen LogP contribution in [0.25, 0.3) is 0 Å². The molecule has 0 aliphatic carbocycles. The van der Waals surface area contributed by atoms with Crippen LogP contribution in [0.1, 0.15) is 26.2 Å². The number of urea groups is 1. The summed E-state index contributed by atoms with van der Waals surface area (Å²) in [4.78, 5) is 26.4. The van der Waals surface area contributed by atoms with E-state index >= 15 is 0 Å². The van der Waals surface area contributed by atoms with Crippen molar-refractivity contribution in [2.45, 2.75) is 26.2 Å². The molecule has 5 nitrogen and oxygen atoms in total. The molecule has 0 spiro atoms. The van der Waals surface area contributed by atoms with Gasteiger partial charge in [-0.25, -0.2) is 4.79 Å². The predicted molar refractivity (Wildman–Crippen MR) is 68.0 cm³/mol. The Kier molecular flexibility index (Phi) is 5.50. The lowest BCUT2D eigenvalue weighted by Crippen LogP contribution is -2.49. The number of carbonyl (C=O) groups is 2. The van der Waals surface area contributed by atoms with Crippen LogP contribution in [0.15, 0.2) is 0 Å². The molecule has 1 fully saturated rings. The first-order valence-electron chi connectivity index (χ1n) is 6.30. The minimum Gasteiger partial charge on any atom is -0.481 e. The fourth-order valence-corrected chi connectivity index (χ4v) is 2.17. The van der Waals surface area contributed by atoms with Crippen molar-refractivity contribution in [2.24, 2.45) is 5.92 Å². The standard InChI is InChI=1S/C13H20N2O3/c1-3-7-14(8-4-2)13(18)15-9-5-6-11(10-15)12(16)17/h1,11H,4-10H2,2H3,(H,16,17). The molecule has 5 heteroatoms. The third kappa shape index (κ3) is 3.66. The highest BCUT2D eigenvalue weighted by Crippen LogP contribution is 2.18. The van der Waals surface area contributed by atoms with Crippen LogP contribution in [-0.2, 0) is 4.79 Å². The van der Waals surface area contributed by atoms with Crippen molar-refractivity contribution in [3.05, 3.63) is 0 Å². The molecule has 2 amide bonds. The van der Waals surface area contributed by atoms with Gasteiger partial charge in [0.15, 0.2) is 0 Å². The first-order valence-corrected chi connectivity index (χ1v) is 6.30. The SMILES string of the molecule is C#CCN(CCC)C(=O)N1CCCC(C(=O)O)C1. The number of amides is 2. The van der Waals surface area contributed by atoms with E-state index in [0.29, 0.717) is 26.1 Å². The van der Waals surface area contributed by atoms with Gasteiger partial charge in [-0.15, -0.1) is 6.42 Å². The molecule has 0 saturated carbocycles. The van der Waals surface area contributed by atoms with Crippen molar-refractivity contribution in [1.82, 2.24) is 9.80 Å². The molecule has 0 radical (unpaired) electrons. The highest BCUT2D eigenvalue weighted by Gasteiger charge is 2.29. The van der Waals surface area contributed by atoms with Crippen LogP contribution in [-0.4, -0.2) is 53.1 Å². The Morgan fingerprint density at radius 2 is 2.28 bits per heavy atom. The molecule has 0 aromatic rings. The van der Waals surface area contributed by atoms with Crippen molar-refractivity contribution in [3.8, 4) is 12.3 Å². The molecule has 1 rings (SSSR count). The van der Waals surface area contributed by atoms with Gasteiger partial charge in [-0.1, -0.05) is 12.8 Å². The van der Waals surface area contributed by atoms with Gasteiger partial charge in [-0.3, -0.25) is 4.79 Å². The van der Waals surface area contributed by atoms with E-state index < -0.39 is 11.9 Å². The second-order valence-electron chi connectivity index (χ2n) is 4.53. The summed E-state index contributed by atoms with van der Waals surface area (Å²) in [5.74, 6) is 1.19. The van der Waals surface area contributed by atoms with Gasteiger partial charge >= 0.3 is 12.0 Å². The molecule has 0 bridgehead atoms. The highest BCUT2D eigenvalue weighted by molar-refractivity contribution is 5.77. The van der Waals surface area contributed by atoms with Gasteiger partial charge in [-0.2, -0.15) is 0 Å². The summed E-state index contributed by atoms with van der Waals surface area (Å²) in [5.41, 5.74) is 0. The molecule has 100 valence electrons. The largest absolute Gasteiger partial charge is 0.481 e. The van der Waals surface area contributed by atoms with E-state index in [2.05, 4.69) is 5.92 Å². The zero-order valence-corrected chi connectivity index (χ0v) is 10.8. The first-order chi connectivity index (χ1) is 8.60. The van der Waals surface area contributed by atoms with Gasteiger partial charge in [-0.05, 0) is 19.3 Å². The predicted octanol–water partition coefficient (Wildman–Crippen LogP) is 1.25. The quantitative estimate of drug-likeness (QED) is 0.766. The van der Waals surface area contributed by atoms with Crippen LogP contribution >= 0.6 is 0 Å². The normalized spacial score (nSPS) is 19.1. The van der Waals surface area contributed by atoms with Gasteiger partial charge in [0.2, 0.25) is 0 Å². The maximum Gasteiger partial charge on any atom is 0.320 e. The first kappa shape index (κ1) is 14.4. The number of carbonyl (C=O) groups excluding carboxylic acids is 1. The number of terminal acetylenes is 1. The zero-order chi connectivity index (χ0) is 13.5. The summed E-state index contributed by atoms with van der Waals surface area (Å²) in [6.45, 7) is 3.78. The van der Waals surface area contributed by atoms with Gasteiger partial charge < -0.3 is 14.9 Å². The lowest BCUT2D eigenvalue weighted by Gasteiger charge is -2.34. The molecule has 1 heterocycles. The van der Waals surface area contributed by atoms with Crippen molar-refractivity contribution in [1.29, 1.82) is 0 Å². The van der Waals surface area contributed by atoms with Crippen molar-refractivity contribution in [2.75, 3.05) is 26.2 Å². The Labute approximate surface area is 108 Å². The summed E-state index contributed by atoms with van der Waals surface area (Å²) < 4.78 is 0. The van der Waals surface area contributed by atoms with Crippen molar-refractivity contribution >= 4 is 12.0 Å². The molecule has 1 unspecified atom stereocenters. The number of rotatable bonds is 4. The summed E-state index contributed by atoms with van der Waals surface area (Å²) >= 11 is 0. The number of aliphatic carboxylic acids is 1. The van der Waals surface area contributed by atoms with Crippen LogP contribution in [0.2, 0.25) is 0 Å². The van der Waals surface area contributed by atoms with Crippen molar-refractivity contribution < 1.29 is 14.7 Å². The fourth-order valence-electron chi connectivity index (χ4n) is 2.17. The van der Waals surface area contributed by atoms with Crippen LogP contribution in [0.4, 0.5) is 4.79 Å². The summed E-state index contributed by atoms with van der Waals surface area (Å²) in [5, 5.41) is 9.00. The second kappa shape index (κ2) is 6.90. The minimum atomic E-state index is -0.827. The lowest BCUT2D eigenvalue weighted by molar-refractivity contribution is -0.143. The van der Waals surface area contributed by atoms with Crippen molar-refractivity contribution in [3.63, 3.8) is 0 Å². The zero-order valence-electron chi connectivity index (χ0n) is 10.8. The maximum atomic E-state index is 12.2. The lowest BCUT2D eigenvalue weighted by atomic mass is 9.98. The molecule has 0 aromatic heterocycles. The maximum absolute atomic E-state index is 12.2. The van der Waals surface area contributed by atoms with Gasteiger partial charge in [0, 0.05) is 19.6 Å². The molecule has 1 aliphatic rings. The monoisotopic (exact) mass is 252 g/mol. The Morgan fingerprint density at radius 1 is 1.56 bits per heavy atom. The number of hydrogen-bond acceptors (Lipinski definition) is 2. The average Bonchev–Trinajstić information content (AvgIpc) is 2.38. The second-order valence-corrected chi connectivity index (χ2v) is 4.53. The summed E-state index contributed by atoms with van der Waals surface area (Å²) in [6, 6.07) is -0.138. The van der Waals surface area contributed by atoms with E-state index in [9.17, 15) is 9.59 Å². The Morgan fingerprint density at radius 3 is 2.83 bits per heavy atom. The topological polar surface area (TPSA) is 60.9 Å². The summed E-state index contributed by atoms with van der Waals surface area (Å²) in [7, 11) is 0. The molecule has 1 atom stereocenters. The van der Waals surface area contributed by atoms with Gasteiger partial charge in [0.25, 0.3) is 0 Å². The Bertz CT molecular complexity index is 349. The highest BCUT2D eigenvalue weighted by atomic mass is 16.4. The van der Waals surface area contributed by atoms with Crippen LogP contribution in [0, 0.1) is 18.3 Å². The fraction of sp³-hybridized carbons (Fsp3) is 0.692. The van der Waals surface area contributed by atoms with Gasteiger partial charge in [0.05, 0.1) is 12.5 Å². The minimum absolute atomic E-state index is 0.138. The molecule has 18 heavy (non-hydrogen) atoms. The molecular weight excluding hydrogens is 232 g/mol. The van der Waals surface area contributed by atoms with E-state index in [1.165, 1.54) is 0 Å². The molecule has 1 aliphatic heterocycles. The van der Waals surface area contributed by atoms with E-state index in [0.717, 1.165) is 12.8 Å². The van der Waals surface area contributed by atoms with Crippen LogP contribution < -0.4 is 0 Å². The Balaban J connectivity index is 2.64. The summed E-state index contributed by atoms with van der Waals surface area (Å²) in [6.07, 6.45) is 7.46. The molecule has 0 aromatic carbocycles. The third-order valence-corrected chi connectivity index (χ3v) is 3.09. The number of carboxylic acid groups (broad SMARTS) is 1. The van der Waals surface area contributed by atoms with E-state index in [1.807, 2.05) is 6.92 Å². The Hall–Kier alpha value is -1.70. The van der Waals surface area contributed by atoms with E-state index in [4.69, 9.17) is 11.5 Å². The molecule has 1 saturated heterocycles. The van der Waals surface area contributed by atoms with Gasteiger partial charge in [0.1, 0.15) is 0 Å².